The monoisotopic (exact) mass is 271 g/mol. The van der Waals surface area contributed by atoms with Crippen molar-refractivity contribution in [2.45, 2.75) is 32.2 Å². The smallest absolute Gasteiger partial charge is 0.134 e. The molecule has 2 heterocycles. The van der Waals surface area contributed by atoms with E-state index in [0.717, 1.165) is 49.1 Å². The van der Waals surface area contributed by atoms with E-state index in [1.54, 1.807) is 0 Å². The van der Waals surface area contributed by atoms with Crippen LogP contribution in [0.4, 0.5) is 0 Å². The summed E-state index contributed by atoms with van der Waals surface area (Å²) in [6, 6.07) is 8.26. The third kappa shape index (κ3) is 2.59. The van der Waals surface area contributed by atoms with Crippen molar-refractivity contribution >= 4 is 11.0 Å². The first-order chi connectivity index (χ1) is 9.90. The van der Waals surface area contributed by atoms with Crippen LogP contribution in [-0.2, 0) is 4.74 Å². The van der Waals surface area contributed by atoms with Gasteiger partial charge in [0.1, 0.15) is 11.3 Å². The molecule has 3 nitrogen and oxygen atoms in total. The number of benzene rings is 1. The summed E-state index contributed by atoms with van der Waals surface area (Å²) in [6.07, 6.45) is 7.36. The zero-order valence-electron chi connectivity index (χ0n) is 11.9. The summed E-state index contributed by atoms with van der Waals surface area (Å²) >= 11 is 0. The second-order valence-electron chi connectivity index (χ2n) is 5.17. The highest BCUT2D eigenvalue weighted by Gasteiger charge is 2.23. The Bertz CT molecular complexity index is 600. The molecule has 106 valence electrons. The fraction of sp³-hybridized carbons (Fsp3) is 0.412. The Morgan fingerprint density at radius 1 is 1.30 bits per heavy atom. The Hall–Kier alpha value is -1.74. The van der Waals surface area contributed by atoms with Crippen LogP contribution in [0.3, 0.4) is 0 Å². The van der Waals surface area contributed by atoms with Crippen LogP contribution in [0, 0.1) is 0 Å². The summed E-state index contributed by atoms with van der Waals surface area (Å²) in [5, 5.41) is 4.74. The fourth-order valence-electron chi connectivity index (χ4n) is 2.65. The molecular formula is C17H21NO2. The number of hydrogen-bond acceptors (Lipinski definition) is 3. The molecule has 1 aliphatic rings. The highest BCUT2D eigenvalue weighted by Crippen LogP contribution is 2.32. The third-order valence-corrected chi connectivity index (χ3v) is 3.67. The zero-order chi connectivity index (χ0) is 13.8. The molecule has 0 radical (unpaired) electrons. The van der Waals surface area contributed by atoms with Gasteiger partial charge in [0.2, 0.25) is 0 Å². The third-order valence-electron chi connectivity index (χ3n) is 3.67. The van der Waals surface area contributed by atoms with Gasteiger partial charge in [-0.3, -0.25) is 0 Å². The van der Waals surface area contributed by atoms with Crippen LogP contribution in [0.25, 0.3) is 11.0 Å². The van der Waals surface area contributed by atoms with Gasteiger partial charge in [-0.1, -0.05) is 25.1 Å². The second-order valence-corrected chi connectivity index (χ2v) is 5.17. The first-order valence-corrected chi connectivity index (χ1v) is 7.42. The van der Waals surface area contributed by atoms with Crippen molar-refractivity contribution < 1.29 is 9.15 Å². The number of rotatable bonds is 5. The molecule has 0 saturated heterocycles. The number of furan rings is 1. The van der Waals surface area contributed by atoms with Crippen molar-refractivity contribution in [1.82, 2.24) is 5.32 Å². The van der Waals surface area contributed by atoms with E-state index in [1.807, 2.05) is 24.5 Å². The van der Waals surface area contributed by atoms with Gasteiger partial charge in [-0.25, -0.2) is 0 Å². The predicted octanol–water partition coefficient (Wildman–Crippen LogP) is 4.17. The fourth-order valence-corrected chi connectivity index (χ4v) is 2.65. The van der Waals surface area contributed by atoms with E-state index in [0.29, 0.717) is 0 Å². The van der Waals surface area contributed by atoms with Crippen LogP contribution < -0.4 is 5.32 Å². The molecule has 1 aromatic carbocycles. The van der Waals surface area contributed by atoms with Crippen molar-refractivity contribution in [3.05, 3.63) is 47.9 Å². The second kappa shape index (κ2) is 6.14. The Labute approximate surface area is 119 Å². The van der Waals surface area contributed by atoms with Crippen LogP contribution in [0.5, 0.6) is 0 Å². The molecule has 0 fully saturated rings. The van der Waals surface area contributed by atoms with E-state index in [1.165, 1.54) is 5.56 Å². The molecule has 0 aliphatic carbocycles. The minimum Gasteiger partial charge on any atom is -0.496 e. The largest absolute Gasteiger partial charge is 0.496 e. The average Bonchev–Trinajstić information content (AvgIpc) is 2.93. The lowest BCUT2D eigenvalue weighted by Gasteiger charge is -2.24. The molecule has 0 saturated carbocycles. The quantitative estimate of drug-likeness (QED) is 0.886. The van der Waals surface area contributed by atoms with Gasteiger partial charge in [-0.05, 0) is 37.9 Å². The molecule has 1 unspecified atom stereocenters. The average molecular weight is 271 g/mol. The standard InChI is InChI=1S/C17H21NO2/c1-2-10-18-17(16-9-5-6-11-19-16)14-12-20-15-8-4-3-7-13(14)15/h3-4,7-9,12,17-18H,2,5-6,10-11H2,1H3. The van der Waals surface area contributed by atoms with E-state index in [-0.39, 0.29) is 6.04 Å². The van der Waals surface area contributed by atoms with Gasteiger partial charge < -0.3 is 14.5 Å². The lowest BCUT2D eigenvalue weighted by Crippen LogP contribution is -2.26. The van der Waals surface area contributed by atoms with Crippen LogP contribution in [0.15, 0.2) is 46.8 Å². The Morgan fingerprint density at radius 3 is 3.00 bits per heavy atom. The van der Waals surface area contributed by atoms with Crippen LogP contribution in [0.1, 0.15) is 37.8 Å². The van der Waals surface area contributed by atoms with E-state index in [4.69, 9.17) is 9.15 Å². The molecule has 0 amide bonds. The van der Waals surface area contributed by atoms with Crippen LogP contribution in [0.2, 0.25) is 0 Å². The molecule has 1 aliphatic heterocycles. The number of para-hydroxylation sites is 1. The number of allylic oxidation sites excluding steroid dienone is 1. The molecule has 1 N–H and O–H groups in total. The van der Waals surface area contributed by atoms with Gasteiger partial charge >= 0.3 is 0 Å². The lowest BCUT2D eigenvalue weighted by atomic mass is 10.0. The molecule has 20 heavy (non-hydrogen) atoms. The van der Waals surface area contributed by atoms with Gasteiger partial charge in [0.15, 0.2) is 0 Å². The first kappa shape index (κ1) is 13.3. The van der Waals surface area contributed by atoms with Crippen molar-refractivity contribution in [3.63, 3.8) is 0 Å². The minimum atomic E-state index is 0.0962. The van der Waals surface area contributed by atoms with E-state index >= 15 is 0 Å². The van der Waals surface area contributed by atoms with Crippen LogP contribution >= 0.6 is 0 Å². The molecule has 0 spiro atoms. The van der Waals surface area contributed by atoms with E-state index in [2.05, 4.69) is 24.4 Å². The van der Waals surface area contributed by atoms with Crippen molar-refractivity contribution in [2.75, 3.05) is 13.2 Å². The highest BCUT2D eigenvalue weighted by atomic mass is 16.5. The molecule has 3 rings (SSSR count). The van der Waals surface area contributed by atoms with Gasteiger partial charge in [-0.15, -0.1) is 0 Å². The van der Waals surface area contributed by atoms with E-state index < -0.39 is 0 Å². The minimum absolute atomic E-state index is 0.0962. The normalized spacial score (nSPS) is 16.8. The van der Waals surface area contributed by atoms with Crippen LogP contribution in [-0.4, -0.2) is 13.2 Å². The number of nitrogens with one attached hydrogen (secondary N) is 1. The zero-order valence-corrected chi connectivity index (χ0v) is 11.9. The maximum Gasteiger partial charge on any atom is 0.134 e. The number of ether oxygens (including phenoxy) is 1. The summed E-state index contributed by atoms with van der Waals surface area (Å²) in [5.41, 5.74) is 2.10. The van der Waals surface area contributed by atoms with E-state index in [9.17, 15) is 0 Å². The van der Waals surface area contributed by atoms with Gasteiger partial charge in [0.25, 0.3) is 0 Å². The Balaban J connectivity index is 1.97. The Kier molecular flexibility index (Phi) is 4.07. The predicted molar refractivity (Wildman–Crippen MR) is 80.5 cm³/mol. The topological polar surface area (TPSA) is 34.4 Å². The van der Waals surface area contributed by atoms with Gasteiger partial charge in [0, 0.05) is 10.9 Å². The summed E-state index contributed by atoms with van der Waals surface area (Å²) in [5.74, 6) is 1.04. The summed E-state index contributed by atoms with van der Waals surface area (Å²) < 4.78 is 11.5. The maximum atomic E-state index is 5.87. The van der Waals surface area contributed by atoms with Crippen molar-refractivity contribution in [3.8, 4) is 0 Å². The maximum absolute atomic E-state index is 5.87. The molecule has 2 aromatic rings. The summed E-state index contributed by atoms with van der Waals surface area (Å²) in [4.78, 5) is 0. The SMILES string of the molecule is CCCNC(C1=CCCCO1)c1coc2ccccc12. The summed E-state index contributed by atoms with van der Waals surface area (Å²) in [6.45, 7) is 3.95. The molecule has 3 heteroatoms. The van der Waals surface area contributed by atoms with Crippen molar-refractivity contribution in [1.29, 1.82) is 0 Å². The first-order valence-electron chi connectivity index (χ1n) is 7.42. The lowest BCUT2D eigenvalue weighted by molar-refractivity contribution is 0.167. The van der Waals surface area contributed by atoms with Gasteiger partial charge in [0.05, 0.1) is 18.9 Å². The Morgan fingerprint density at radius 2 is 2.20 bits per heavy atom. The molecule has 0 bridgehead atoms. The number of hydrogen-bond donors (Lipinski definition) is 1. The number of fused-ring (bicyclic) bond motifs is 1. The highest BCUT2D eigenvalue weighted by molar-refractivity contribution is 5.81. The molecule has 1 atom stereocenters. The van der Waals surface area contributed by atoms with Gasteiger partial charge in [-0.2, -0.15) is 0 Å². The molecular weight excluding hydrogens is 250 g/mol. The van der Waals surface area contributed by atoms with Crippen molar-refractivity contribution in [2.24, 2.45) is 0 Å². The molecule has 1 aromatic heterocycles. The summed E-state index contributed by atoms with van der Waals surface area (Å²) in [7, 11) is 0.